The van der Waals surface area contributed by atoms with Crippen molar-refractivity contribution < 1.29 is 23.5 Å². The van der Waals surface area contributed by atoms with Crippen LogP contribution in [0, 0.1) is 17.3 Å². The number of hydrogen-bond acceptors (Lipinski definition) is 5. The van der Waals surface area contributed by atoms with E-state index < -0.39 is 8.32 Å². The van der Waals surface area contributed by atoms with Gasteiger partial charge in [0, 0.05) is 18.3 Å². The first-order valence-corrected chi connectivity index (χ1v) is 16.3. The van der Waals surface area contributed by atoms with Crippen molar-refractivity contribution in [3.05, 3.63) is 36.0 Å². The molecule has 35 heavy (non-hydrogen) atoms. The third-order valence-corrected chi connectivity index (χ3v) is 13.0. The van der Waals surface area contributed by atoms with Crippen LogP contribution < -0.4 is 0 Å². The van der Waals surface area contributed by atoms with Gasteiger partial charge in [-0.3, -0.25) is 0 Å². The molecule has 0 amide bonds. The Hall–Kier alpha value is -1.66. The van der Waals surface area contributed by atoms with E-state index in [4.69, 9.17) is 13.9 Å². The van der Waals surface area contributed by atoms with Gasteiger partial charge in [-0.1, -0.05) is 57.9 Å². The van der Waals surface area contributed by atoms with Gasteiger partial charge in [-0.2, -0.15) is 0 Å². The molecule has 0 aliphatic heterocycles. The third kappa shape index (κ3) is 7.66. The molecule has 5 nitrogen and oxygen atoms in total. The Morgan fingerprint density at radius 3 is 2.23 bits per heavy atom. The summed E-state index contributed by atoms with van der Waals surface area (Å²) in [5.41, 5.74) is 1.40. The van der Waals surface area contributed by atoms with Gasteiger partial charge >= 0.3 is 11.9 Å². The standard InChI is InChI=1S/C29H48O5Si/c1-9-32-26(30)17-11-14-22(15-12-18-27(31)33-10-2)23-19-20-24-25(16-13-21-29(23,24)6)34-35(7,8)28(3,4)5/h11-12,14,17-18,23-25H,9-10,13,15-16,19-21H2,1-8H3/t23-,24+,25+,29-/m1/s1. The van der Waals surface area contributed by atoms with Crippen LogP contribution in [-0.4, -0.2) is 39.6 Å². The van der Waals surface area contributed by atoms with Crippen molar-refractivity contribution in [3.63, 3.8) is 0 Å². The van der Waals surface area contributed by atoms with Gasteiger partial charge in [-0.15, -0.1) is 0 Å². The topological polar surface area (TPSA) is 61.8 Å². The number of carbonyl (C=O) groups is 2. The summed E-state index contributed by atoms with van der Waals surface area (Å²) in [6.07, 6.45) is 15.5. The maximum Gasteiger partial charge on any atom is 0.330 e. The summed E-state index contributed by atoms with van der Waals surface area (Å²) < 4.78 is 17.1. The molecule has 2 aliphatic carbocycles. The molecule has 0 unspecified atom stereocenters. The van der Waals surface area contributed by atoms with Crippen LogP contribution in [0.2, 0.25) is 18.1 Å². The number of esters is 2. The number of carbonyl (C=O) groups excluding carboxylic acids is 2. The van der Waals surface area contributed by atoms with Crippen LogP contribution >= 0.6 is 0 Å². The maximum atomic E-state index is 11.9. The molecule has 4 atom stereocenters. The third-order valence-electron chi connectivity index (χ3n) is 8.49. The quantitative estimate of drug-likeness (QED) is 0.137. The Morgan fingerprint density at radius 2 is 1.63 bits per heavy atom. The number of rotatable bonds is 10. The number of hydrogen-bond donors (Lipinski definition) is 0. The predicted molar refractivity (Wildman–Crippen MR) is 144 cm³/mol. The second kappa shape index (κ2) is 12.5. The van der Waals surface area contributed by atoms with Gasteiger partial charge in [-0.05, 0) is 81.3 Å². The molecule has 0 saturated heterocycles. The van der Waals surface area contributed by atoms with Crippen LogP contribution in [0.25, 0.3) is 0 Å². The van der Waals surface area contributed by atoms with Crippen molar-refractivity contribution in [2.24, 2.45) is 17.3 Å². The Bertz CT molecular complexity index is 819. The zero-order valence-electron chi connectivity index (χ0n) is 23.3. The molecule has 2 rings (SSSR count). The van der Waals surface area contributed by atoms with Gasteiger partial charge < -0.3 is 13.9 Å². The second-order valence-corrected chi connectivity index (χ2v) is 16.5. The normalized spacial score (nSPS) is 27.9. The zero-order chi connectivity index (χ0) is 26.3. The summed E-state index contributed by atoms with van der Waals surface area (Å²) in [5, 5.41) is 0.194. The fourth-order valence-corrected chi connectivity index (χ4v) is 7.07. The molecule has 0 radical (unpaired) electrons. The van der Waals surface area contributed by atoms with Crippen LogP contribution in [-0.2, 0) is 23.5 Å². The molecule has 6 heteroatoms. The van der Waals surface area contributed by atoms with E-state index in [1.807, 2.05) is 13.0 Å². The van der Waals surface area contributed by atoms with Crippen molar-refractivity contribution in [1.82, 2.24) is 0 Å². The lowest BCUT2D eigenvalue weighted by atomic mass is 9.62. The number of fused-ring (bicyclic) bond motifs is 1. The van der Waals surface area contributed by atoms with Crippen LogP contribution in [0.15, 0.2) is 36.0 Å². The fourth-order valence-electron chi connectivity index (χ4n) is 5.67. The molecule has 2 saturated carbocycles. The Kier molecular flexibility index (Phi) is 10.6. The van der Waals surface area contributed by atoms with Crippen molar-refractivity contribution in [1.29, 1.82) is 0 Å². The summed E-state index contributed by atoms with van der Waals surface area (Å²) >= 11 is 0. The highest BCUT2D eigenvalue weighted by molar-refractivity contribution is 6.74. The van der Waals surface area contributed by atoms with Gasteiger partial charge in [0.2, 0.25) is 0 Å². The Morgan fingerprint density at radius 1 is 1.00 bits per heavy atom. The molecule has 2 fully saturated rings. The Balaban J connectivity index is 2.29. The molecule has 0 bridgehead atoms. The van der Waals surface area contributed by atoms with Crippen LogP contribution in [0.5, 0.6) is 0 Å². The van der Waals surface area contributed by atoms with Gasteiger partial charge in [-0.25, -0.2) is 9.59 Å². The minimum atomic E-state index is -1.86. The molecule has 0 aromatic rings. The van der Waals surface area contributed by atoms with Crippen molar-refractivity contribution in [3.8, 4) is 0 Å². The van der Waals surface area contributed by atoms with E-state index in [0.717, 1.165) is 19.3 Å². The highest BCUT2D eigenvalue weighted by Gasteiger charge is 2.54. The fraction of sp³-hybridized carbons (Fsp3) is 0.724. The Labute approximate surface area is 214 Å². The van der Waals surface area contributed by atoms with E-state index in [-0.39, 0.29) is 22.4 Å². The molecular weight excluding hydrogens is 456 g/mol. The first kappa shape index (κ1) is 29.6. The van der Waals surface area contributed by atoms with E-state index in [0.29, 0.717) is 37.6 Å². The van der Waals surface area contributed by atoms with Gasteiger partial charge in [0.25, 0.3) is 0 Å². The summed E-state index contributed by atoms with van der Waals surface area (Å²) in [6.45, 7) is 18.4. The van der Waals surface area contributed by atoms with Crippen molar-refractivity contribution in [2.75, 3.05) is 13.2 Å². The monoisotopic (exact) mass is 504 g/mol. The average molecular weight is 505 g/mol. The maximum absolute atomic E-state index is 11.9. The van der Waals surface area contributed by atoms with Gasteiger partial charge in [0.05, 0.1) is 13.2 Å². The van der Waals surface area contributed by atoms with Crippen LogP contribution in [0.4, 0.5) is 0 Å². The van der Waals surface area contributed by atoms with E-state index in [2.05, 4.69) is 46.9 Å². The molecule has 2 aliphatic rings. The summed E-state index contributed by atoms with van der Waals surface area (Å²) in [4.78, 5) is 23.7. The van der Waals surface area contributed by atoms with Crippen LogP contribution in [0.1, 0.15) is 80.1 Å². The summed E-state index contributed by atoms with van der Waals surface area (Å²) in [6, 6.07) is 0. The lowest BCUT2D eigenvalue weighted by Gasteiger charge is -2.49. The molecule has 0 N–H and O–H groups in total. The van der Waals surface area contributed by atoms with Crippen molar-refractivity contribution >= 4 is 20.3 Å². The lowest BCUT2D eigenvalue weighted by molar-refractivity contribution is -0.138. The molecule has 0 heterocycles. The first-order valence-electron chi connectivity index (χ1n) is 13.4. The van der Waals surface area contributed by atoms with E-state index in [1.54, 1.807) is 13.0 Å². The first-order chi connectivity index (χ1) is 16.4. The van der Waals surface area contributed by atoms with Gasteiger partial charge in [0.15, 0.2) is 8.32 Å². The molecular formula is C29H48O5Si. The zero-order valence-corrected chi connectivity index (χ0v) is 24.3. The number of ether oxygens (including phenoxy) is 2. The second-order valence-electron chi connectivity index (χ2n) is 11.8. The van der Waals surface area contributed by atoms with Gasteiger partial charge in [0.1, 0.15) is 0 Å². The average Bonchev–Trinajstić information content (AvgIpc) is 3.10. The smallest absolute Gasteiger partial charge is 0.330 e. The highest BCUT2D eigenvalue weighted by atomic mass is 28.4. The summed E-state index contributed by atoms with van der Waals surface area (Å²) in [5.74, 6) is 0.268. The van der Waals surface area contributed by atoms with E-state index >= 15 is 0 Å². The predicted octanol–water partition coefficient (Wildman–Crippen LogP) is 7.15. The van der Waals surface area contributed by atoms with Crippen LogP contribution in [0.3, 0.4) is 0 Å². The molecule has 0 aromatic heterocycles. The summed E-state index contributed by atoms with van der Waals surface area (Å²) in [7, 11) is -1.86. The highest BCUT2D eigenvalue weighted by Crippen LogP contribution is 2.59. The minimum Gasteiger partial charge on any atom is -0.463 e. The van der Waals surface area contributed by atoms with E-state index in [9.17, 15) is 9.59 Å². The molecule has 0 aromatic carbocycles. The molecule has 0 spiro atoms. The largest absolute Gasteiger partial charge is 0.463 e. The number of allylic oxidation sites excluding steroid dienone is 4. The molecule has 198 valence electrons. The minimum absolute atomic E-state index is 0.145. The SMILES string of the molecule is CCOC(=O)C=CC=C(CC=CC(=O)OCC)[C@H]1CC[C@H]2[C@@H](O[Si](C)(C)C(C)(C)C)CCC[C@]12C. The lowest BCUT2D eigenvalue weighted by Crippen LogP contribution is -2.50. The van der Waals surface area contributed by atoms with Crippen molar-refractivity contribution in [2.45, 2.75) is 104 Å². The van der Waals surface area contributed by atoms with E-state index in [1.165, 1.54) is 30.6 Å².